The van der Waals surface area contributed by atoms with Gasteiger partial charge < -0.3 is 16.2 Å². The summed E-state index contributed by atoms with van der Waals surface area (Å²) in [5.41, 5.74) is 7.11. The number of anilines is 2. The molecule has 1 aliphatic rings. The summed E-state index contributed by atoms with van der Waals surface area (Å²) in [7, 11) is 0. The summed E-state index contributed by atoms with van der Waals surface area (Å²) in [5.74, 6) is 0.552. The first kappa shape index (κ1) is 14.8. The number of nitrogens with one attached hydrogen (secondary N) is 1. The highest BCUT2D eigenvalue weighted by molar-refractivity contribution is 14.1. The van der Waals surface area contributed by atoms with Crippen LogP contribution in [0, 0.1) is 21.2 Å². The van der Waals surface area contributed by atoms with Crippen LogP contribution in [0.15, 0.2) is 12.1 Å². The lowest BCUT2D eigenvalue weighted by Gasteiger charge is -2.30. The molecule has 0 aromatic heterocycles. The highest BCUT2D eigenvalue weighted by Crippen LogP contribution is 2.31. The molecule has 1 aromatic rings. The fourth-order valence-electron chi connectivity index (χ4n) is 2.75. The van der Waals surface area contributed by atoms with Crippen LogP contribution in [-0.2, 0) is 0 Å². The second-order valence-corrected chi connectivity index (χ2v) is 6.38. The molecule has 1 saturated carbocycles. The fraction of sp³-hybridized carbons (Fsp3) is 0.571. The van der Waals surface area contributed by atoms with Crippen molar-refractivity contribution in [3.63, 3.8) is 0 Å². The molecule has 1 aliphatic carbocycles. The average molecular weight is 378 g/mol. The Morgan fingerprint density at radius 1 is 1.32 bits per heavy atom. The molecule has 4 N–H and O–H groups in total. The number of aliphatic hydroxyl groups is 1. The maximum atomic E-state index is 13.5. The Bertz CT molecular complexity index is 442. The lowest BCUT2D eigenvalue weighted by atomic mass is 9.79. The van der Waals surface area contributed by atoms with Gasteiger partial charge in [0.15, 0.2) is 0 Å². The Kier molecular flexibility index (Phi) is 5.27. The van der Waals surface area contributed by atoms with Gasteiger partial charge >= 0.3 is 0 Å². The van der Waals surface area contributed by atoms with E-state index in [9.17, 15) is 9.50 Å². The van der Waals surface area contributed by atoms with Crippen molar-refractivity contribution in [2.75, 3.05) is 24.2 Å². The van der Waals surface area contributed by atoms with Crippen LogP contribution < -0.4 is 11.1 Å². The number of aliphatic hydroxyl groups excluding tert-OH is 1. The molecule has 19 heavy (non-hydrogen) atoms. The predicted molar refractivity (Wildman–Crippen MR) is 84.6 cm³/mol. The molecule has 0 heterocycles. The number of benzene rings is 1. The van der Waals surface area contributed by atoms with E-state index in [1.54, 1.807) is 6.07 Å². The van der Waals surface area contributed by atoms with Crippen LogP contribution in [0.3, 0.4) is 0 Å². The quantitative estimate of drug-likeness (QED) is 0.557. The summed E-state index contributed by atoms with van der Waals surface area (Å²) in [4.78, 5) is 0. The van der Waals surface area contributed by atoms with Crippen LogP contribution in [0.1, 0.15) is 25.7 Å². The van der Waals surface area contributed by atoms with Gasteiger partial charge in [0, 0.05) is 19.2 Å². The van der Waals surface area contributed by atoms with E-state index in [1.807, 2.05) is 22.6 Å². The number of hydrogen-bond donors (Lipinski definition) is 3. The number of nitrogen functional groups attached to an aromatic ring is 1. The molecule has 0 amide bonds. The van der Waals surface area contributed by atoms with Crippen LogP contribution in [0.2, 0.25) is 0 Å². The molecule has 0 radical (unpaired) electrons. The summed E-state index contributed by atoms with van der Waals surface area (Å²) in [6, 6.07) is 3.09. The standard InChI is InChI=1S/C14H20FIN2O/c15-11-5-14(13(17)6-12(11)16)18-7-9-3-1-2-4-10(9)8-19/h5-6,9-10,18-19H,1-4,7-8,17H2. The molecule has 2 atom stereocenters. The molecule has 0 bridgehead atoms. The highest BCUT2D eigenvalue weighted by atomic mass is 127. The van der Waals surface area contributed by atoms with Crippen molar-refractivity contribution in [3.05, 3.63) is 21.5 Å². The van der Waals surface area contributed by atoms with E-state index in [2.05, 4.69) is 5.32 Å². The summed E-state index contributed by atoms with van der Waals surface area (Å²) >= 11 is 1.93. The first-order chi connectivity index (χ1) is 9.11. The van der Waals surface area contributed by atoms with Crippen LogP contribution in [0.4, 0.5) is 15.8 Å². The Morgan fingerprint density at radius 3 is 2.68 bits per heavy atom. The number of rotatable bonds is 4. The molecule has 1 fully saturated rings. The maximum Gasteiger partial charge on any atom is 0.138 e. The minimum absolute atomic E-state index is 0.239. The maximum absolute atomic E-state index is 13.5. The molecule has 3 nitrogen and oxygen atoms in total. The average Bonchev–Trinajstić information content (AvgIpc) is 2.41. The monoisotopic (exact) mass is 378 g/mol. The number of hydrogen-bond acceptors (Lipinski definition) is 3. The highest BCUT2D eigenvalue weighted by Gasteiger charge is 2.24. The summed E-state index contributed by atoms with van der Waals surface area (Å²) in [6.45, 7) is 0.984. The summed E-state index contributed by atoms with van der Waals surface area (Å²) in [6.07, 6.45) is 4.60. The van der Waals surface area contributed by atoms with Crippen molar-refractivity contribution < 1.29 is 9.50 Å². The molecule has 5 heteroatoms. The van der Waals surface area contributed by atoms with Crippen LogP contribution in [0.5, 0.6) is 0 Å². The van der Waals surface area contributed by atoms with Crippen molar-refractivity contribution >= 4 is 34.0 Å². The third kappa shape index (κ3) is 3.72. The van der Waals surface area contributed by atoms with E-state index >= 15 is 0 Å². The first-order valence-electron chi connectivity index (χ1n) is 6.71. The minimum atomic E-state index is -0.250. The van der Waals surface area contributed by atoms with Gasteiger partial charge in [-0.2, -0.15) is 0 Å². The molecule has 0 spiro atoms. The number of halogens is 2. The lowest BCUT2D eigenvalue weighted by Crippen LogP contribution is -2.28. The minimum Gasteiger partial charge on any atom is -0.397 e. The Hall–Kier alpha value is -0.560. The van der Waals surface area contributed by atoms with E-state index in [1.165, 1.54) is 18.9 Å². The summed E-state index contributed by atoms with van der Waals surface area (Å²) < 4.78 is 14.1. The molecular formula is C14H20FIN2O. The van der Waals surface area contributed by atoms with Gasteiger partial charge in [-0.3, -0.25) is 0 Å². The summed E-state index contributed by atoms with van der Waals surface area (Å²) in [5, 5.41) is 12.6. The van der Waals surface area contributed by atoms with Crippen molar-refractivity contribution in [3.8, 4) is 0 Å². The SMILES string of the molecule is Nc1cc(I)c(F)cc1NCC1CCCCC1CO. The Morgan fingerprint density at radius 2 is 2.00 bits per heavy atom. The van der Waals surface area contributed by atoms with Crippen molar-refractivity contribution in [2.45, 2.75) is 25.7 Å². The van der Waals surface area contributed by atoms with Gasteiger partial charge in [-0.1, -0.05) is 12.8 Å². The van der Waals surface area contributed by atoms with Gasteiger partial charge in [0.25, 0.3) is 0 Å². The first-order valence-corrected chi connectivity index (χ1v) is 7.79. The van der Waals surface area contributed by atoms with Crippen molar-refractivity contribution in [2.24, 2.45) is 11.8 Å². The molecule has 0 aliphatic heterocycles. The lowest BCUT2D eigenvalue weighted by molar-refractivity contribution is 0.141. The van der Waals surface area contributed by atoms with Gasteiger partial charge in [-0.25, -0.2) is 4.39 Å². The van der Waals surface area contributed by atoms with E-state index < -0.39 is 0 Å². The van der Waals surface area contributed by atoms with Crippen LogP contribution in [0.25, 0.3) is 0 Å². The van der Waals surface area contributed by atoms with E-state index in [4.69, 9.17) is 5.73 Å². The zero-order chi connectivity index (χ0) is 13.8. The van der Waals surface area contributed by atoms with Gasteiger partial charge in [-0.15, -0.1) is 0 Å². The van der Waals surface area contributed by atoms with Gasteiger partial charge in [0.1, 0.15) is 5.82 Å². The molecule has 0 saturated heterocycles. The topological polar surface area (TPSA) is 58.3 Å². The Labute approximate surface area is 126 Å². The zero-order valence-corrected chi connectivity index (χ0v) is 13.0. The number of nitrogens with two attached hydrogens (primary N) is 1. The molecule has 106 valence electrons. The van der Waals surface area contributed by atoms with E-state index in [0.29, 0.717) is 26.8 Å². The van der Waals surface area contributed by atoms with Crippen molar-refractivity contribution in [1.29, 1.82) is 0 Å². The van der Waals surface area contributed by atoms with Crippen LogP contribution >= 0.6 is 22.6 Å². The van der Waals surface area contributed by atoms with Crippen LogP contribution in [-0.4, -0.2) is 18.3 Å². The fourth-order valence-corrected chi connectivity index (χ4v) is 3.24. The van der Waals surface area contributed by atoms with E-state index in [0.717, 1.165) is 19.4 Å². The normalized spacial score (nSPS) is 23.3. The van der Waals surface area contributed by atoms with Gasteiger partial charge in [0.05, 0.1) is 14.9 Å². The molecular weight excluding hydrogens is 358 g/mol. The molecule has 1 aromatic carbocycles. The largest absolute Gasteiger partial charge is 0.397 e. The van der Waals surface area contributed by atoms with E-state index in [-0.39, 0.29) is 12.4 Å². The third-order valence-electron chi connectivity index (χ3n) is 3.95. The predicted octanol–water partition coefficient (Wildman–Crippen LogP) is 3.22. The third-order valence-corrected chi connectivity index (χ3v) is 4.77. The molecule has 2 rings (SSSR count). The van der Waals surface area contributed by atoms with Crippen molar-refractivity contribution in [1.82, 2.24) is 0 Å². The smallest absolute Gasteiger partial charge is 0.138 e. The second-order valence-electron chi connectivity index (χ2n) is 5.22. The zero-order valence-electron chi connectivity index (χ0n) is 10.8. The second kappa shape index (κ2) is 6.74. The Balaban J connectivity index is 1.99. The van der Waals surface area contributed by atoms with Gasteiger partial charge in [0.2, 0.25) is 0 Å². The van der Waals surface area contributed by atoms with Gasteiger partial charge in [-0.05, 0) is 53.3 Å². The molecule has 2 unspecified atom stereocenters.